The number of nitrogens with one attached hydrogen (secondary N) is 1. The summed E-state index contributed by atoms with van der Waals surface area (Å²) in [6.45, 7) is 2.94. The first-order valence-corrected chi connectivity index (χ1v) is 12.9. The van der Waals surface area contributed by atoms with Crippen LogP contribution >= 0.6 is 23.6 Å². The van der Waals surface area contributed by atoms with Gasteiger partial charge in [-0.25, -0.2) is 13.8 Å². The minimum absolute atomic E-state index is 0.101. The minimum atomic E-state index is -0.278. The maximum atomic E-state index is 13.6. The Morgan fingerprint density at radius 2 is 1.42 bits per heavy atom. The van der Waals surface area contributed by atoms with Crippen molar-refractivity contribution < 1.29 is 8.78 Å². The van der Waals surface area contributed by atoms with Crippen LogP contribution in [0.5, 0.6) is 0 Å². The van der Waals surface area contributed by atoms with Crippen molar-refractivity contribution >= 4 is 39.5 Å². The number of halogens is 2. The Bertz CT molecular complexity index is 1270. The van der Waals surface area contributed by atoms with Crippen LogP contribution in [0.4, 0.5) is 19.6 Å². The molecule has 36 heavy (non-hydrogen) atoms. The van der Waals surface area contributed by atoms with E-state index in [1.54, 1.807) is 24.3 Å². The molecule has 0 aliphatic carbocycles. The van der Waals surface area contributed by atoms with Crippen LogP contribution in [-0.4, -0.2) is 46.1 Å². The summed E-state index contributed by atoms with van der Waals surface area (Å²) in [6, 6.07) is 20.6. The third-order valence-corrected chi connectivity index (χ3v) is 7.38. The summed E-state index contributed by atoms with van der Waals surface area (Å²) >= 11 is 7.19. The van der Waals surface area contributed by atoms with Crippen LogP contribution in [0, 0.1) is 11.6 Å². The number of nitrogens with zero attached hydrogens (tertiary/aromatic N) is 3. The maximum absolute atomic E-state index is 13.6. The van der Waals surface area contributed by atoms with Crippen molar-refractivity contribution in [3.05, 3.63) is 101 Å². The van der Waals surface area contributed by atoms with Crippen molar-refractivity contribution in [1.82, 2.24) is 14.8 Å². The molecular weight excluding hydrogens is 496 g/mol. The van der Waals surface area contributed by atoms with E-state index in [4.69, 9.17) is 18.0 Å². The van der Waals surface area contributed by atoms with Crippen LogP contribution in [-0.2, 0) is 0 Å². The maximum Gasteiger partial charge on any atom is 0.189 e. The number of benzene rings is 3. The predicted molar refractivity (Wildman–Crippen MR) is 146 cm³/mol. The Kier molecular flexibility index (Phi) is 7.22. The van der Waals surface area contributed by atoms with Crippen molar-refractivity contribution in [3.8, 4) is 11.3 Å². The lowest BCUT2D eigenvalue weighted by Crippen LogP contribution is -2.51. The van der Waals surface area contributed by atoms with E-state index in [9.17, 15) is 8.78 Å². The highest BCUT2D eigenvalue weighted by atomic mass is 32.1. The second kappa shape index (κ2) is 10.7. The summed E-state index contributed by atoms with van der Waals surface area (Å²) in [4.78, 5) is 9.11. The van der Waals surface area contributed by atoms with Crippen LogP contribution in [0.25, 0.3) is 11.3 Å². The largest absolute Gasteiger partial charge is 0.399 e. The first-order valence-electron chi connectivity index (χ1n) is 11.6. The van der Waals surface area contributed by atoms with Crippen LogP contribution in [0.15, 0.2) is 78.2 Å². The Morgan fingerprint density at radius 3 is 1.97 bits per heavy atom. The zero-order valence-electron chi connectivity index (χ0n) is 19.4. The summed E-state index contributed by atoms with van der Waals surface area (Å²) in [5, 5.41) is 6.63. The van der Waals surface area contributed by atoms with Crippen molar-refractivity contribution in [1.29, 1.82) is 0 Å². The predicted octanol–water partition coefficient (Wildman–Crippen LogP) is 5.77. The number of piperazine rings is 1. The Hall–Kier alpha value is -3.40. The zero-order chi connectivity index (χ0) is 25.1. The summed E-state index contributed by atoms with van der Waals surface area (Å²) in [7, 11) is 0. The summed E-state index contributed by atoms with van der Waals surface area (Å²) < 4.78 is 27.2. The van der Waals surface area contributed by atoms with Gasteiger partial charge in [0, 0.05) is 42.8 Å². The van der Waals surface area contributed by atoms with Gasteiger partial charge in [-0.15, -0.1) is 11.3 Å². The van der Waals surface area contributed by atoms with Gasteiger partial charge >= 0.3 is 0 Å². The van der Waals surface area contributed by atoms with Crippen molar-refractivity contribution in [2.75, 3.05) is 37.2 Å². The van der Waals surface area contributed by atoms with Gasteiger partial charge in [0.25, 0.3) is 0 Å². The minimum Gasteiger partial charge on any atom is -0.399 e. The molecule has 4 aromatic rings. The first-order chi connectivity index (χ1) is 17.5. The number of hydrogen-bond donors (Lipinski definition) is 2. The van der Waals surface area contributed by atoms with E-state index in [0.29, 0.717) is 10.8 Å². The summed E-state index contributed by atoms with van der Waals surface area (Å²) in [6.07, 6.45) is 0. The molecule has 0 amide bonds. The van der Waals surface area contributed by atoms with Gasteiger partial charge in [-0.3, -0.25) is 4.90 Å². The molecule has 1 saturated heterocycles. The lowest BCUT2D eigenvalue weighted by molar-refractivity contribution is 0.151. The third-order valence-electron chi connectivity index (χ3n) is 6.26. The molecule has 9 heteroatoms. The molecule has 3 N–H and O–H groups in total. The number of nitrogen functional groups attached to an aromatic ring is 1. The number of thiazole rings is 1. The highest BCUT2D eigenvalue weighted by Gasteiger charge is 2.27. The fourth-order valence-electron chi connectivity index (χ4n) is 4.38. The molecule has 0 atom stereocenters. The second-order valence-electron chi connectivity index (χ2n) is 8.62. The number of nitrogens with two attached hydrogens (primary N) is 1. The van der Waals surface area contributed by atoms with Crippen molar-refractivity contribution in [3.63, 3.8) is 0 Å². The normalized spacial score (nSPS) is 14.2. The number of aromatic nitrogens is 1. The van der Waals surface area contributed by atoms with Gasteiger partial charge in [0.1, 0.15) is 11.6 Å². The highest BCUT2D eigenvalue weighted by Crippen LogP contribution is 2.31. The van der Waals surface area contributed by atoms with E-state index in [2.05, 4.69) is 20.1 Å². The molecule has 5 nitrogen and oxygen atoms in total. The van der Waals surface area contributed by atoms with E-state index in [-0.39, 0.29) is 17.7 Å². The van der Waals surface area contributed by atoms with Crippen molar-refractivity contribution in [2.24, 2.45) is 0 Å². The lowest BCUT2D eigenvalue weighted by atomic mass is 9.96. The van der Waals surface area contributed by atoms with Gasteiger partial charge in [0.05, 0.1) is 11.7 Å². The van der Waals surface area contributed by atoms with Gasteiger partial charge in [-0.1, -0.05) is 36.4 Å². The number of thiocarbonyl (C=S) groups is 1. The summed E-state index contributed by atoms with van der Waals surface area (Å²) in [5.74, 6) is -0.556. The molecule has 1 aliphatic heterocycles. The quantitative estimate of drug-likeness (QED) is 0.257. The average Bonchev–Trinajstić information content (AvgIpc) is 3.35. The fourth-order valence-corrected chi connectivity index (χ4v) is 5.44. The van der Waals surface area contributed by atoms with Crippen LogP contribution in [0.2, 0.25) is 0 Å². The molecule has 3 aromatic carbocycles. The Labute approximate surface area is 218 Å². The standard InChI is InChI=1S/C27H25F2N5S2/c28-21-7-1-19(2-8-21)25(20-3-9-22(29)10-4-20)33-13-15-34(16-14-33)27(35)32-26-31-24(17-36-26)18-5-11-23(30)12-6-18/h1-12,17,25H,13-16,30H2,(H,31,32,35). The van der Waals surface area contributed by atoms with Gasteiger partial charge in [0.2, 0.25) is 0 Å². The molecule has 184 valence electrons. The molecule has 0 radical (unpaired) electrons. The van der Waals surface area contributed by atoms with Crippen LogP contribution < -0.4 is 11.1 Å². The zero-order valence-corrected chi connectivity index (χ0v) is 21.0. The molecule has 0 saturated carbocycles. The molecule has 0 spiro atoms. The Balaban J connectivity index is 1.25. The van der Waals surface area contributed by atoms with Gasteiger partial charge < -0.3 is 16.0 Å². The average molecular weight is 522 g/mol. The van der Waals surface area contributed by atoms with E-state index < -0.39 is 0 Å². The van der Waals surface area contributed by atoms with Gasteiger partial charge in [0.15, 0.2) is 10.2 Å². The third kappa shape index (κ3) is 5.53. The highest BCUT2D eigenvalue weighted by molar-refractivity contribution is 7.80. The topological polar surface area (TPSA) is 57.4 Å². The fraction of sp³-hybridized carbons (Fsp3) is 0.185. The smallest absolute Gasteiger partial charge is 0.189 e. The lowest BCUT2D eigenvalue weighted by Gasteiger charge is -2.40. The molecule has 0 bridgehead atoms. The van der Waals surface area contributed by atoms with E-state index >= 15 is 0 Å². The van der Waals surface area contributed by atoms with E-state index in [0.717, 1.165) is 53.7 Å². The van der Waals surface area contributed by atoms with E-state index in [1.165, 1.54) is 35.6 Å². The number of anilines is 2. The monoisotopic (exact) mass is 521 g/mol. The molecule has 1 aliphatic rings. The van der Waals surface area contributed by atoms with Crippen LogP contribution in [0.3, 0.4) is 0 Å². The molecule has 2 heterocycles. The van der Waals surface area contributed by atoms with Crippen LogP contribution in [0.1, 0.15) is 17.2 Å². The molecular formula is C27H25F2N5S2. The van der Waals surface area contributed by atoms with E-state index in [1.807, 2.05) is 29.6 Å². The second-order valence-corrected chi connectivity index (χ2v) is 9.86. The molecule has 1 aromatic heterocycles. The SMILES string of the molecule is Nc1ccc(-c2csc(NC(=S)N3CCN(C(c4ccc(F)cc4)c4ccc(F)cc4)CC3)n2)cc1. The molecule has 0 unspecified atom stereocenters. The molecule has 5 rings (SSSR count). The Morgan fingerprint density at radius 1 is 0.861 bits per heavy atom. The van der Waals surface area contributed by atoms with Gasteiger partial charge in [-0.2, -0.15) is 0 Å². The van der Waals surface area contributed by atoms with Gasteiger partial charge in [-0.05, 0) is 59.7 Å². The number of rotatable bonds is 5. The first kappa shape index (κ1) is 24.3. The molecule has 1 fully saturated rings. The summed E-state index contributed by atoms with van der Waals surface area (Å²) in [5.41, 5.74) is 10.3. The van der Waals surface area contributed by atoms with Crippen molar-refractivity contribution in [2.45, 2.75) is 6.04 Å². The number of hydrogen-bond acceptors (Lipinski definition) is 5.